The van der Waals surface area contributed by atoms with Gasteiger partial charge in [0, 0.05) is 31.0 Å². The van der Waals surface area contributed by atoms with E-state index in [1.54, 1.807) is 18.5 Å². The summed E-state index contributed by atoms with van der Waals surface area (Å²) in [4.78, 5) is 15.3. The maximum absolute atomic E-state index is 12.8. The summed E-state index contributed by atoms with van der Waals surface area (Å²) in [5.74, 6) is 0.339. The SMILES string of the molecule is FC(F)(F)c1ccc(-c2cc3nccnc3c(OCN3CCCCC3)n2)cc1. The van der Waals surface area contributed by atoms with Crippen LogP contribution in [0.4, 0.5) is 13.2 Å². The van der Waals surface area contributed by atoms with Crippen LogP contribution in [0.15, 0.2) is 42.7 Å². The number of fused-ring (bicyclic) bond motifs is 1. The Morgan fingerprint density at radius 3 is 2.39 bits per heavy atom. The number of aromatic nitrogens is 3. The second kappa shape index (κ2) is 7.71. The molecule has 1 aliphatic heterocycles. The third kappa shape index (κ3) is 4.06. The molecule has 0 amide bonds. The second-order valence-corrected chi connectivity index (χ2v) is 6.76. The highest BCUT2D eigenvalue weighted by Crippen LogP contribution is 2.32. The lowest BCUT2D eigenvalue weighted by molar-refractivity contribution is -0.137. The van der Waals surface area contributed by atoms with Crippen molar-refractivity contribution in [3.05, 3.63) is 48.3 Å². The highest BCUT2D eigenvalue weighted by molar-refractivity contribution is 5.83. The van der Waals surface area contributed by atoms with E-state index in [4.69, 9.17) is 4.74 Å². The Kier molecular flexibility index (Phi) is 5.13. The van der Waals surface area contributed by atoms with Crippen molar-refractivity contribution in [2.75, 3.05) is 19.8 Å². The Labute approximate surface area is 160 Å². The van der Waals surface area contributed by atoms with E-state index in [-0.39, 0.29) is 0 Å². The average Bonchev–Trinajstić information content (AvgIpc) is 2.72. The summed E-state index contributed by atoms with van der Waals surface area (Å²) < 4.78 is 44.4. The fraction of sp³-hybridized carbons (Fsp3) is 0.350. The molecule has 0 saturated carbocycles. The molecule has 3 aromatic rings. The van der Waals surface area contributed by atoms with Gasteiger partial charge >= 0.3 is 6.18 Å². The van der Waals surface area contributed by atoms with Crippen LogP contribution in [0.2, 0.25) is 0 Å². The highest BCUT2D eigenvalue weighted by atomic mass is 19.4. The van der Waals surface area contributed by atoms with Crippen molar-refractivity contribution in [2.24, 2.45) is 0 Å². The number of alkyl halides is 3. The fourth-order valence-electron chi connectivity index (χ4n) is 3.26. The first-order valence-corrected chi connectivity index (χ1v) is 9.15. The normalized spacial score (nSPS) is 15.7. The lowest BCUT2D eigenvalue weighted by Crippen LogP contribution is -2.33. The molecule has 1 aliphatic rings. The molecule has 0 bridgehead atoms. The molecule has 1 fully saturated rings. The van der Waals surface area contributed by atoms with Crippen LogP contribution in [0, 0.1) is 0 Å². The van der Waals surface area contributed by atoms with E-state index in [2.05, 4.69) is 19.9 Å². The Bertz CT molecular complexity index is 954. The smallest absolute Gasteiger partial charge is 0.416 e. The first-order chi connectivity index (χ1) is 13.5. The van der Waals surface area contributed by atoms with E-state index in [9.17, 15) is 13.2 Å². The summed E-state index contributed by atoms with van der Waals surface area (Å²) in [6, 6.07) is 6.61. The predicted molar refractivity (Wildman–Crippen MR) is 98.7 cm³/mol. The van der Waals surface area contributed by atoms with Crippen LogP contribution >= 0.6 is 0 Å². The van der Waals surface area contributed by atoms with Gasteiger partial charge in [-0.2, -0.15) is 13.2 Å². The van der Waals surface area contributed by atoms with Gasteiger partial charge in [-0.25, -0.2) is 9.97 Å². The molecule has 8 heteroatoms. The van der Waals surface area contributed by atoms with Gasteiger partial charge < -0.3 is 4.74 Å². The lowest BCUT2D eigenvalue weighted by Gasteiger charge is -2.26. The Hall–Kier alpha value is -2.74. The second-order valence-electron chi connectivity index (χ2n) is 6.76. The summed E-state index contributed by atoms with van der Waals surface area (Å²) in [6.45, 7) is 2.35. The first kappa shape index (κ1) is 18.6. The van der Waals surface area contributed by atoms with Crippen molar-refractivity contribution in [3.8, 4) is 17.1 Å². The van der Waals surface area contributed by atoms with Crippen LogP contribution in [-0.4, -0.2) is 39.7 Å². The van der Waals surface area contributed by atoms with Crippen LogP contribution in [0.1, 0.15) is 24.8 Å². The van der Waals surface area contributed by atoms with Gasteiger partial charge in [-0.15, -0.1) is 0 Å². The van der Waals surface area contributed by atoms with E-state index in [0.717, 1.165) is 38.1 Å². The third-order valence-corrected chi connectivity index (χ3v) is 4.77. The van der Waals surface area contributed by atoms with E-state index in [0.29, 0.717) is 34.9 Å². The average molecular weight is 388 g/mol. The number of likely N-dealkylation sites (tertiary alicyclic amines) is 1. The predicted octanol–water partition coefficient (Wildman–Crippen LogP) is 4.53. The van der Waals surface area contributed by atoms with Crippen LogP contribution < -0.4 is 4.74 Å². The summed E-state index contributed by atoms with van der Waals surface area (Å²) in [5, 5.41) is 0. The molecule has 0 unspecified atom stereocenters. The van der Waals surface area contributed by atoms with Gasteiger partial charge in [0.2, 0.25) is 5.88 Å². The number of pyridine rings is 1. The molecule has 0 aliphatic carbocycles. The molecule has 0 N–H and O–H groups in total. The van der Waals surface area contributed by atoms with E-state index >= 15 is 0 Å². The van der Waals surface area contributed by atoms with Gasteiger partial charge in [0.05, 0.1) is 16.8 Å². The maximum atomic E-state index is 12.8. The molecule has 0 atom stereocenters. The Morgan fingerprint density at radius 1 is 0.964 bits per heavy atom. The van der Waals surface area contributed by atoms with Crippen LogP contribution in [0.25, 0.3) is 22.3 Å². The Morgan fingerprint density at radius 2 is 1.68 bits per heavy atom. The fourth-order valence-corrected chi connectivity index (χ4v) is 3.26. The van der Waals surface area contributed by atoms with Crippen molar-refractivity contribution >= 4 is 11.0 Å². The minimum absolute atomic E-state index is 0.339. The molecule has 146 valence electrons. The van der Waals surface area contributed by atoms with Gasteiger partial charge in [-0.05, 0) is 31.0 Å². The summed E-state index contributed by atoms with van der Waals surface area (Å²) in [7, 11) is 0. The van der Waals surface area contributed by atoms with Gasteiger partial charge in [-0.1, -0.05) is 18.6 Å². The number of nitrogens with zero attached hydrogens (tertiary/aromatic N) is 4. The Balaban J connectivity index is 1.65. The summed E-state index contributed by atoms with van der Waals surface area (Å²) in [6.07, 6.45) is 2.27. The van der Waals surface area contributed by atoms with Crippen LogP contribution in [0.5, 0.6) is 5.88 Å². The third-order valence-electron chi connectivity index (χ3n) is 4.77. The van der Waals surface area contributed by atoms with E-state index in [1.165, 1.54) is 18.6 Å². The number of halogens is 3. The molecular formula is C20H19F3N4O. The standard InChI is InChI=1S/C20H19F3N4O/c21-20(22,23)15-6-4-14(5-7-15)16-12-17-18(25-9-8-24-17)19(26-16)28-13-27-10-2-1-3-11-27/h4-9,12H,1-3,10-11,13H2. The minimum Gasteiger partial charge on any atom is -0.460 e. The first-order valence-electron chi connectivity index (χ1n) is 9.15. The van der Waals surface area contributed by atoms with Crippen LogP contribution in [0.3, 0.4) is 0 Å². The van der Waals surface area contributed by atoms with Crippen LogP contribution in [-0.2, 0) is 6.18 Å². The van der Waals surface area contributed by atoms with Gasteiger partial charge in [0.15, 0.2) is 5.52 Å². The molecule has 5 nitrogen and oxygen atoms in total. The zero-order chi connectivity index (χ0) is 19.6. The molecule has 2 aromatic heterocycles. The molecule has 0 radical (unpaired) electrons. The molecule has 1 saturated heterocycles. The molecule has 3 heterocycles. The highest BCUT2D eigenvalue weighted by Gasteiger charge is 2.30. The molecule has 28 heavy (non-hydrogen) atoms. The molecular weight excluding hydrogens is 369 g/mol. The van der Waals surface area contributed by atoms with E-state index in [1.807, 2.05) is 0 Å². The summed E-state index contributed by atoms with van der Waals surface area (Å²) in [5.41, 5.74) is 1.48. The topological polar surface area (TPSA) is 51.1 Å². The number of rotatable bonds is 4. The van der Waals surface area contributed by atoms with Crippen molar-refractivity contribution in [1.29, 1.82) is 0 Å². The van der Waals surface area contributed by atoms with Gasteiger partial charge in [0.1, 0.15) is 6.73 Å². The lowest BCUT2D eigenvalue weighted by atomic mass is 10.1. The molecule has 1 aromatic carbocycles. The number of benzene rings is 1. The number of hydrogen-bond acceptors (Lipinski definition) is 5. The van der Waals surface area contributed by atoms with Gasteiger partial charge in [-0.3, -0.25) is 9.88 Å². The number of ether oxygens (including phenoxy) is 1. The van der Waals surface area contributed by atoms with Crippen molar-refractivity contribution < 1.29 is 17.9 Å². The molecule has 4 rings (SSSR count). The quantitative estimate of drug-likeness (QED) is 0.657. The van der Waals surface area contributed by atoms with Crippen molar-refractivity contribution in [3.63, 3.8) is 0 Å². The zero-order valence-corrected chi connectivity index (χ0v) is 15.1. The number of piperidine rings is 1. The minimum atomic E-state index is -4.37. The zero-order valence-electron chi connectivity index (χ0n) is 15.1. The van der Waals surface area contributed by atoms with E-state index < -0.39 is 11.7 Å². The van der Waals surface area contributed by atoms with Crippen molar-refractivity contribution in [1.82, 2.24) is 19.9 Å². The van der Waals surface area contributed by atoms with Crippen molar-refractivity contribution in [2.45, 2.75) is 25.4 Å². The monoisotopic (exact) mass is 388 g/mol. The molecule has 0 spiro atoms. The summed E-state index contributed by atoms with van der Waals surface area (Å²) >= 11 is 0. The maximum Gasteiger partial charge on any atom is 0.416 e. The largest absolute Gasteiger partial charge is 0.460 e. The van der Waals surface area contributed by atoms with Gasteiger partial charge in [0.25, 0.3) is 0 Å². The number of hydrogen-bond donors (Lipinski definition) is 0.